The highest BCUT2D eigenvalue weighted by atomic mass is 19.1. The average Bonchev–Trinajstić information content (AvgIpc) is 2.03. The standard InChI is InChI=1S/C8H10F2N2O/c1-8(11,4-13)5-2-3-6(9)12-7(5)10/h2-3,13H,4,11H2,1H3/t8-/m0/s1. The number of aromatic nitrogens is 1. The van der Waals surface area contributed by atoms with Gasteiger partial charge in [-0.2, -0.15) is 13.8 Å². The van der Waals surface area contributed by atoms with E-state index in [9.17, 15) is 8.78 Å². The third-order valence-electron chi connectivity index (χ3n) is 1.76. The lowest BCUT2D eigenvalue weighted by Gasteiger charge is -2.21. The molecule has 0 aliphatic rings. The fraction of sp³-hybridized carbons (Fsp3) is 0.375. The minimum Gasteiger partial charge on any atom is -0.394 e. The lowest BCUT2D eigenvalue weighted by Crippen LogP contribution is -2.38. The van der Waals surface area contributed by atoms with E-state index in [1.807, 2.05) is 0 Å². The summed E-state index contributed by atoms with van der Waals surface area (Å²) in [6, 6.07) is 2.17. The molecule has 3 nitrogen and oxygen atoms in total. The van der Waals surface area contributed by atoms with Crippen LogP contribution in [0.5, 0.6) is 0 Å². The van der Waals surface area contributed by atoms with Gasteiger partial charge < -0.3 is 10.8 Å². The first kappa shape index (κ1) is 10.0. The Balaban J connectivity index is 3.16. The summed E-state index contributed by atoms with van der Waals surface area (Å²) in [5.41, 5.74) is 4.30. The van der Waals surface area contributed by atoms with Crippen molar-refractivity contribution in [1.82, 2.24) is 4.98 Å². The number of aliphatic hydroxyl groups is 1. The molecule has 0 saturated carbocycles. The molecule has 1 aromatic rings. The van der Waals surface area contributed by atoms with E-state index in [1.165, 1.54) is 13.0 Å². The summed E-state index contributed by atoms with van der Waals surface area (Å²) >= 11 is 0. The molecule has 0 bridgehead atoms. The molecule has 0 aliphatic heterocycles. The van der Waals surface area contributed by atoms with Crippen molar-refractivity contribution in [2.75, 3.05) is 6.61 Å². The molecule has 0 unspecified atom stereocenters. The van der Waals surface area contributed by atoms with E-state index in [2.05, 4.69) is 4.98 Å². The maximum absolute atomic E-state index is 13.0. The number of rotatable bonds is 2. The van der Waals surface area contributed by atoms with Crippen molar-refractivity contribution in [3.05, 3.63) is 29.6 Å². The Bertz CT molecular complexity index is 315. The first-order valence-corrected chi connectivity index (χ1v) is 3.69. The summed E-state index contributed by atoms with van der Waals surface area (Å²) in [4.78, 5) is 2.96. The van der Waals surface area contributed by atoms with Crippen LogP contribution >= 0.6 is 0 Å². The highest BCUT2D eigenvalue weighted by Crippen LogP contribution is 2.19. The monoisotopic (exact) mass is 188 g/mol. The number of nitrogens with zero attached hydrogens (tertiary/aromatic N) is 1. The normalized spacial score (nSPS) is 15.5. The third-order valence-corrected chi connectivity index (χ3v) is 1.76. The van der Waals surface area contributed by atoms with Crippen LogP contribution in [0.15, 0.2) is 12.1 Å². The van der Waals surface area contributed by atoms with Gasteiger partial charge in [-0.05, 0) is 19.1 Å². The number of hydrogen-bond donors (Lipinski definition) is 2. The quantitative estimate of drug-likeness (QED) is 0.665. The lowest BCUT2D eigenvalue weighted by molar-refractivity contribution is 0.205. The van der Waals surface area contributed by atoms with Gasteiger partial charge in [0.05, 0.1) is 12.1 Å². The Morgan fingerprint density at radius 1 is 1.54 bits per heavy atom. The molecule has 13 heavy (non-hydrogen) atoms. The van der Waals surface area contributed by atoms with E-state index in [0.717, 1.165) is 6.07 Å². The Kier molecular flexibility index (Phi) is 2.58. The van der Waals surface area contributed by atoms with Crippen LogP contribution in [0, 0.1) is 11.9 Å². The molecule has 72 valence electrons. The van der Waals surface area contributed by atoms with E-state index < -0.39 is 24.0 Å². The first-order chi connectivity index (χ1) is 5.97. The molecule has 0 aliphatic carbocycles. The largest absolute Gasteiger partial charge is 0.394 e. The molecule has 0 saturated heterocycles. The molecule has 0 fully saturated rings. The highest BCUT2D eigenvalue weighted by molar-refractivity contribution is 5.20. The van der Waals surface area contributed by atoms with Crippen LogP contribution in [0.1, 0.15) is 12.5 Å². The van der Waals surface area contributed by atoms with E-state index in [0.29, 0.717) is 0 Å². The zero-order valence-electron chi connectivity index (χ0n) is 7.09. The second kappa shape index (κ2) is 3.35. The summed E-state index contributed by atoms with van der Waals surface area (Å²) in [6.45, 7) is 1.00. The van der Waals surface area contributed by atoms with Crippen LogP contribution in [0.25, 0.3) is 0 Å². The number of pyridine rings is 1. The summed E-state index contributed by atoms with van der Waals surface area (Å²) in [6.07, 6.45) is 0. The summed E-state index contributed by atoms with van der Waals surface area (Å²) < 4.78 is 25.4. The van der Waals surface area contributed by atoms with Gasteiger partial charge in [0.25, 0.3) is 0 Å². The number of hydrogen-bond acceptors (Lipinski definition) is 3. The molecule has 1 aromatic heterocycles. The zero-order valence-corrected chi connectivity index (χ0v) is 7.09. The minimum absolute atomic E-state index is 0.00333. The van der Waals surface area contributed by atoms with Crippen LogP contribution < -0.4 is 5.73 Å². The lowest BCUT2D eigenvalue weighted by atomic mass is 9.96. The minimum atomic E-state index is -1.23. The summed E-state index contributed by atoms with van der Waals surface area (Å²) in [7, 11) is 0. The number of aliphatic hydroxyl groups excluding tert-OH is 1. The van der Waals surface area contributed by atoms with Gasteiger partial charge in [-0.15, -0.1) is 0 Å². The van der Waals surface area contributed by atoms with Gasteiger partial charge in [0.1, 0.15) is 0 Å². The van der Waals surface area contributed by atoms with Gasteiger partial charge >= 0.3 is 0 Å². The number of halogens is 2. The predicted molar refractivity (Wildman–Crippen MR) is 42.8 cm³/mol. The van der Waals surface area contributed by atoms with Crippen molar-refractivity contribution >= 4 is 0 Å². The molecule has 1 atom stereocenters. The van der Waals surface area contributed by atoms with Gasteiger partial charge in [0, 0.05) is 5.56 Å². The Hall–Kier alpha value is -1.07. The van der Waals surface area contributed by atoms with Crippen molar-refractivity contribution < 1.29 is 13.9 Å². The molecule has 0 spiro atoms. The van der Waals surface area contributed by atoms with Crippen molar-refractivity contribution in [2.45, 2.75) is 12.5 Å². The second-order valence-electron chi connectivity index (χ2n) is 3.05. The van der Waals surface area contributed by atoms with Gasteiger partial charge in [0.15, 0.2) is 0 Å². The van der Waals surface area contributed by atoms with Crippen molar-refractivity contribution in [3.63, 3.8) is 0 Å². The molecule has 5 heteroatoms. The third kappa shape index (κ3) is 1.99. The molecule has 0 radical (unpaired) electrons. The van der Waals surface area contributed by atoms with Crippen LogP contribution in [-0.4, -0.2) is 16.7 Å². The summed E-state index contributed by atoms with van der Waals surface area (Å²) in [5.74, 6) is -1.89. The van der Waals surface area contributed by atoms with Crippen LogP contribution in [0.3, 0.4) is 0 Å². The van der Waals surface area contributed by atoms with Crippen LogP contribution in [-0.2, 0) is 5.54 Å². The molecule has 0 amide bonds. The molecule has 1 heterocycles. The highest BCUT2D eigenvalue weighted by Gasteiger charge is 2.24. The van der Waals surface area contributed by atoms with Crippen molar-refractivity contribution in [3.8, 4) is 0 Å². The Morgan fingerprint density at radius 3 is 2.62 bits per heavy atom. The number of nitrogens with two attached hydrogens (primary N) is 1. The van der Waals surface area contributed by atoms with Crippen LogP contribution in [0.2, 0.25) is 0 Å². The zero-order chi connectivity index (χ0) is 10.1. The molecule has 1 rings (SSSR count). The molecule has 3 N–H and O–H groups in total. The SMILES string of the molecule is C[C@](N)(CO)c1ccc(F)nc1F. The maximum Gasteiger partial charge on any atom is 0.220 e. The van der Waals surface area contributed by atoms with Gasteiger partial charge in [-0.3, -0.25) is 0 Å². The molecule has 0 aromatic carbocycles. The first-order valence-electron chi connectivity index (χ1n) is 3.69. The molecular weight excluding hydrogens is 178 g/mol. The van der Waals surface area contributed by atoms with Crippen molar-refractivity contribution in [2.24, 2.45) is 5.73 Å². The fourth-order valence-corrected chi connectivity index (χ4v) is 0.923. The van der Waals surface area contributed by atoms with E-state index in [-0.39, 0.29) is 5.56 Å². The smallest absolute Gasteiger partial charge is 0.220 e. The molecular formula is C8H10F2N2O. The second-order valence-corrected chi connectivity index (χ2v) is 3.05. The van der Waals surface area contributed by atoms with Gasteiger partial charge in [0.2, 0.25) is 11.9 Å². The van der Waals surface area contributed by atoms with Gasteiger partial charge in [-0.25, -0.2) is 0 Å². The fourth-order valence-electron chi connectivity index (χ4n) is 0.923. The average molecular weight is 188 g/mol. The van der Waals surface area contributed by atoms with Crippen molar-refractivity contribution in [1.29, 1.82) is 0 Å². The Labute approximate surface area is 74.2 Å². The topological polar surface area (TPSA) is 59.1 Å². The van der Waals surface area contributed by atoms with E-state index in [1.54, 1.807) is 0 Å². The van der Waals surface area contributed by atoms with E-state index in [4.69, 9.17) is 10.8 Å². The summed E-state index contributed by atoms with van der Waals surface area (Å²) in [5, 5.41) is 8.83. The maximum atomic E-state index is 13.0. The van der Waals surface area contributed by atoms with E-state index >= 15 is 0 Å². The van der Waals surface area contributed by atoms with Crippen LogP contribution in [0.4, 0.5) is 8.78 Å². The Morgan fingerprint density at radius 2 is 2.15 bits per heavy atom. The van der Waals surface area contributed by atoms with Gasteiger partial charge in [-0.1, -0.05) is 0 Å². The predicted octanol–water partition coefficient (Wildman–Crippen LogP) is 0.526.